The average molecular weight is 374 g/mol. The molecule has 0 aromatic carbocycles. The molecular weight excluding hydrogens is 360 g/mol. The number of rotatable bonds is 4. The van der Waals surface area contributed by atoms with Gasteiger partial charge in [0.2, 0.25) is 0 Å². The maximum absolute atomic E-state index is 12.1. The minimum absolute atomic E-state index is 0.0283. The van der Waals surface area contributed by atoms with Crippen LogP contribution >= 0.6 is 28.6 Å². The Kier molecular flexibility index (Phi) is 5.18. The number of halogens is 2. The molecule has 22 heavy (non-hydrogen) atoms. The third-order valence-corrected chi connectivity index (χ3v) is 4.30. The van der Waals surface area contributed by atoms with E-state index in [1.807, 2.05) is 0 Å². The van der Waals surface area contributed by atoms with Crippen LogP contribution < -0.4 is 11.2 Å². The first-order valence-electron chi connectivity index (χ1n) is 6.10. The van der Waals surface area contributed by atoms with Crippen LogP contribution in [-0.4, -0.2) is 44.3 Å². The van der Waals surface area contributed by atoms with Gasteiger partial charge in [0.15, 0.2) is 6.23 Å². The van der Waals surface area contributed by atoms with E-state index in [-0.39, 0.29) is 5.49 Å². The van der Waals surface area contributed by atoms with Gasteiger partial charge in [-0.25, -0.2) is 4.79 Å². The zero-order valence-corrected chi connectivity index (χ0v) is 13.7. The van der Waals surface area contributed by atoms with Crippen molar-refractivity contribution in [2.75, 3.05) is 6.61 Å². The van der Waals surface area contributed by atoms with Gasteiger partial charge in [-0.3, -0.25) is 19.1 Å². The second kappa shape index (κ2) is 6.45. The fourth-order valence-corrected chi connectivity index (χ4v) is 2.71. The summed E-state index contributed by atoms with van der Waals surface area (Å²) in [5.41, 5.74) is -0.634. The highest BCUT2D eigenvalue weighted by Crippen LogP contribution is 2.57. The van der Waals surface area contributed by atoms with Crippen LogP contribution in [0.1, 0.15) is 6.23 Å². The molecule has 1 aromatic rings. The topological polar surface area (TPSA) is 127 Å². The molecule has 0 amide bonds. The number of nitrogens with one attached hydrogen (secondary N) is 1. The van der Waals surface area contributed by atoms with Gasteiger partial charge in [0.1, 0.15) is 23.8 Å². The Labute approximate surface area is 134 Å². The maximum atomic E-state index is 12.1. The summed E-state index contributed by atoms with van der Waals surface area (Å²) < 4.78 is 23.2. The van der Waals surface area contributed by atoms with E-state index in [0.29, 0.717) is 0 Å². The van der Waals surface area contributed by atoms with Gasteiger partial charge in [0.25, 0.3) is 0 Å². The highest BCUT2D eigenvalue weighted by molar-refractivity contribution is 8.05. The molecule has 1 saturated heterocycles. The second-order valence-electron chi connectivity index (χ2n) is 4.71. The summed E-state index contributed by atoms with van der Waals surface area (Å²) >= 11 is 10.5. The van der Waals surface area contributed by atoms with Gasteiger partial charge in [-0.05, 0) is 28.5 Å². The van der Waals surface area contributed by atoms with Crippen LogP contribution in [0.2, 0.25) is 0 Å². The molecule has 0 aliphatic carbocycles. The standard InChI is InChI=1S/C10H14Cl2N3O6P/c1-14-6(13)2-3-15(10(14)18)9-8(17)7(16)5(21-9)4-20-22(11,12)19/h2-3,5,7-9,13,16-17H,4H2,1H3/t5-,7?,8+,9-/m1/s1. The molecule has 1 aliphatic heterocycles. The van der Waals surface area contributed by atoms with Gasteiger partial charge >= 0.3 is 11.8 Å². The lowest BCUT2D eigenvalue weighted by Crippen LogP contribution is -2.41. The molecule has 12 heteroatoms. The quantitative estimate of drug-likeness (QED) is 0.631. The number of hydrogen-bond donors (Lipinski definition) is 3. The molecule has 9 nitrogen and oxygen atoms in total. The molecule has 1 aliphatic rings. The van der Waals surface area contributed by atoms with Crippen LogP contribution in [0, 0.1) is 5.41 Å². The lowest BCUT2D eigenvalue weighted by molar-refractivity contribution is -0.0512. The average Bonchev–Trinajstić information content (AvgIpc) is 2.70. The second-order valence-corrected chi connectivity index (χ2v) is 8.98. The first-order chi connectivity index (χ1) is 10.1. The van der Waals surface area contributed by atoms with E-state index < -0.39 is 42.9 Å². The molecule has 2 rings (SSSR count). The summed E-state index contributed by atoms with van der Waals surface area (Å²) in [6, 6.07) is 1.33. The lowest BCUT2D eigenvalue weighted by Gasteiger charge is -2.18. The van der Waals surface area contributed by atoms with E-state index in [4.69, 9.17) is 32.6 Å². The predicted octanol–water partition coefficient (Wildman–Crippen LogP) is -0.112. The Bertz CT molecular complexity index is 715. The van der Waals surface area contributed by atoms with Crippen LogP contribution in [-0.2, 0) is 20.9 Å². The van der Waals surface area contributed by atoms with Gasteiger partial charge in [0, 0.05) is 13.2 Å². The minimum atomic E-state index is -3.81. The number of hydrogen-bond acceptors (Lipinski definition) is 7. The zero-order valence-electron chi connectivity index (χ0n) is 11.3. The number of nitrogens with zero attached hydrogens (tertiary/aromatic N) is 2. The van der Waals surface area contributed by atoms with Crippen molar-refractivity contribution < 1.29 is 24.0 Å². The fourth-order valence-electron chi connectivity index (χ4n) is 2.05. The molecule has 1 unspecified atom stereocenters. The summed E-state index contributed by atoms with van der Waals surface area (Å²) in [4.78, 5) is 12.1. The summed E-state index contributed by atoms with van der Waals surface area (Å²) in [7, 11) is 1.39. The Balaban J connectivity index is 2.24. The number of aliphatic hydroxyl groups excluding tert-OH is 2. The van der Waals surface area contributed by atoms with Crippen molar-refractivity contribution in [3.05, 3.63) is 28.2 Å². The Morgan fingerprint density at radius 2 is 2.09 bits per heavy atom. The molecule has 2 heterocycles. The molecule has 1 fully saturated rings. The Morgan fingerprint density at radius 1 is 1.45 bits per heavy atom. The van der Waals surface area contributed by atoms with Gasteiger partial charge < -0.3 is 19.5 Å². The van der Waals surface area contributed by atoms with Crippen LogP contribution in [0.25, 0.3) is 0 Å². The van der Waals surface area contributed by atoms with Crippen LogP contribution in [0.15, 0.2) is 17.1 Å². The van der Waals surface area contributed by atoms with Crippen LogP contribution in [0.5, 0.6) is 0 Å². The molecule has 0 radical (unpaired) electrons. The SMILES string of the molecule is Cn1c(=N)ccn([C@@H]2O[C@H](COP(=O)(Cl)Cl)C(O)[C@@H]2O)c1=O. The fraction of sp³-hybridized carbons (Fsp3) is 0.600. The van der Waals surface area contributed by atoms with Crippen LogP contribution in [0.4, 0.5) is 0 Å². The molecule has 0 spiro atoms. The van der Waals surface area contributed by atoms with E-state index in [1.165, 1.54) is 19.3 Å². The summed E-state index contributed by atoms with van der Waals surface area (Å²) in [5.74, 6) is 0. The van der Waals surface area contributed by atoms with Gasteiger partial charge in [-0.15, -0.1) is 0 Å². The van der Waals surface area contributed by atoms with Crippen molar-refractivity contribution in [2.45, 2.75) is 24.5 Å². The molecule has 4 atom stereocenters. The first-order valence-corrected chi connectivity index (χ1v) is 9.53. The lowest BCUT2D eigenvalue weighted by atomic mass is 10.1. The van der Waals surface area contributed by atoms with Gasteiger partial charge in [-0.1, -0.05) is 0 Å². The normalized spacial score (nSPS) is 29.0. The molecular formula is C10H14Cl2N3O6P. The van der Waals surface area contributed by atoms with Crippen molar-refractivity contribution in [2.24, 2.45) is 7.05 Å². The molecule has 0 saturated carbocycles. The highest BCUT2D eigenvalue weighted by atomic mass is 35.9. The van der Waals surface area contributed by atoms with Crippen molar-refractivity contribution >= 4 is 28.6 Å². The molecule has 3 N–H and O–H groups in total. The smallest absolute Gasteiger partial charge is 0.380 e. The summed E-state index contributed by atoms with van der Waals surface area (Å²) in [6.07, 6.45) is -7.61. The predicted molar refractivity (Wildman–Crippen MR) is 76.7 cm³/mol. The minimum Gasteiger partial charge on any atom is -0.387 e. The van der Waals surface area contributed by atoms with Crippen molar-refractivity contribution in [1.82, 2.24) is 9.13 Å². The molecule has 1 aromatic heterocycles. The Hall–Kier alpha value is -0.670. The van der Waals surface area contributed by atoms with Crippen molar-refractivity contribution in [3.63, 3.8) is 0 Å². The zero-order chi connectivity index (χ0) is 16.7. The van der Waals surface area contributed by atoms with Gasteiger partial charge in [0.05, 0.1) is 6.61 Å². The molecule has 0 bridgehead atoms. The summed E-state index contributed by atoms with van der Waals surface area (Å²) in [6.45, 7) is -0.420. The van der Waals surface area contributed by atoms with E-state index >= 15 is 0 Å². The highest BCUT2D eigenvalue weighted by Gasteiger charge is 2.44. The number of ether oxygens (including phenoxy) is 1. The molecule has 124 valence electrons. The monoisotopic (exact) mass is 373 g/mol. The van der Waals surface area contributed by atoms with Crippen LogP contribution in [0.3, 0.4) is 0 Å². The maximum Gasteiger partial charge on any atom is 0.380 e. The van der Waals surface area contributed by atoms with E-state index in [9.17, 15) is 19.6 Å². The Morgan fingerprint density at radius 3 is 2.68 bits per heavy atom. The largest absolute Gasteiger partial charge is 0.387 e. The van der Waals surface area contributed by atoms with Crippen molar-refractivity contribution in [3.8, 4) is 0 Å². The summed E-state index contributed by atoms with van der Waals surface area (Å²) in [5, 5.41) is 27.4. The number of aliphatic hydroxyl groups is 2. The van der Waals surface area contributed by atoms with E-state index in [0.717, 1.165) is 9.13 Å². The van der Waals surface area contributed by atoms with Crippen molar-refractivity contribution in [1.29, 1.82) is 5.41 Å². The number of aromatic nitrogens is 2. The third-order valence-electron chi connectivity index (χ3n) is 3.26. The first kappa shape index (κ1) is 17.7. The third kappa shape index (κ3) is 3.62. The van der Waals surface area contributed by atoms with E-state index in [1.54, 1.807) is 0 Å². The van der Waals surface area contributed by atoms with E-state index in [2.05, 4.69) is 4.52 Å². The van der Waals surface area contributed by atoms with Gasteiger partial charge in [-0.2, -0.15) is 0 Å².